The van der Waals surface area contributed by atoms with Gasteiger partial charge in [-0.15, -0.1) is 0 Å². The highest BCUT2D eigenvalue weighted by molar-refractivity contribution is 6.42. The Labute approximate surface area is 152 Å². The Balaban J connectivity index is 2.26. The molecule has 124 valence electrons. The molecule has 0 radical (unpaired) electrons. The minimum Gasteiger partial charge on any atom is -0.383 e. The van der Waals surface area contributed by atoms with Crippen molar-refractivity contribution < 1.29 is 8.78 Å². The van der Waals surface area contributed by atoms with E-state index in [1.54, 1.807) is 18.2 Å². The molecule has 3 aromatic rings. The molecule has 1 heterocycles. The van der Waals surface area contributed by atoms with Crippen LogP contribution in [0.1, 0.15) is 5.56 Å². The van der Waals surface area contributed by atoms with E-state index < -0.39 is 11.6 Å². The maximum Gasteiger partial charge on any atom is 0.142 e. The molecule has 0 fully saturated rings. The van der Waals surface area contributed by atoms with Crippen LogP contribution in [0.4, 0.5) is 14.6 Å². The van der Waals surface area contributed by atoms with Crippen molar-refractivity contribution in [3.05, 3.63) is 69.7 Å². The average Bonchev–Trinajstić information content (AvgIpc) is 2.56. The summed E-state index contributed by atoms with van der Waals surface area (Å²) in [5.41, 5.74) is 7.12. The number of nitrogens with zero attached hydrogens (tertiary/aromatic N) is 2. The van der Waals surface area contributed by atoms with Crippen LogP contribution in [0.25, 0.3) is 22.4 Å². The zero-order chi connectivity index (χ0) is 18.1. The van der Waals surface area contributed by atoms with E-state index in [9.17, 15) is 14.0 Å². The molecule has 1 aromatic heterocycles. The van der Waals surface area contributed by atoms with Gasteiger partial charge in [-0.25, -0.2) is 13.8 Å². The quantitative estimate of drug-likeness (QED) is 0.647. The molecule has 7 heteroatoms. The number of hydrogen-bond acceptors (Lipinski definition) is 3. The predicted octanol–water partition coefficient (Wildman–Crippen LogP) is 5.45. The molecule has 0 saturated carbocycles. The minimum absolute atomic E-state index is 0.00863. The molecule has 0 saturated heterocycles. The van der Waals surface area contributed by atoms with E-state index in [0.717, 1.165) is 12.1 Å². The Hall–Kier alpha value is -2.68. The maximum absolute atomic E-state index is 14.2. The molecule has 0 atom stereocenters. The zero-order valence-corrected chi connectivity index (χ0v) is 14.0. The van der Waals surface area contributed by atoms with Gasteiger partial charge in [0, 0.05) is 22.8 Å². The lowest BCUT2D eigenvalue weighted by molar-refractivity contribution is 0.585. The van der Waals surface area contributed by atoms with E-state index in [1.807, 2.05) is 6.07 Å². The van der Waals surface area contributed by atoms with Crippen LogP contribution in [0.5, 0.6) is 0 Å². The molecule has 0 aliphatic heterocycles. The number of nitrogens with two attached hydrogens (primary N) is 1. The molecule has 0 aliphatic rings. The first kappa shape index (κ1) is 17.2. The van der Waals surface area contributed by atoms with Gasteiger partial charge in [0.25, 0.3) is 0 Å². The van der Waals surface area contributed by atoms with Crippen LogP contribution < -0.4 is 5.73 Å². The molecule has 0 amide bonds. The average molecular weight is 376 g/mol. The molecule has 0 unspecified atom stereocenters. The van der Waals surface area contributed by atoms with E-state index in [2.05, 4.69) is 4.98 Å². The third-order valence-corrected chi connectivity index (χ3v) is 4.33. The number of aromatic nitrogens is 1. The van der Waals surface area contributed by atoms with Gasteiger partial charge in [0.2, 0.25) is 0 Å². The number of pyridine rings is 1. The molecular weight excluding hydrogens is 367 g/mol. The standard InChI is InChI=1S/C18H9Cl2F2N3/c19-14-4-1-9(5-15(14)20)17-7-12(13(8-23)18(24)25-17)11-3-2-10(21)6-16(11)22/h1-7H,(H2,24,25). The van der Waals surface area contributed by atoms with Crippen molar-refractivity contribution in [3.8, 4) is 28.5 Å². The number of nitrogen functional groups attached to an aromatic ring is 1. The van der Waals surface area contributed by atoms with E-state index in [0.29, 0.717) is 21.3 Å². The van der Waals surface area contributed by atoms with Crippen molar-refractivity contribution in [1.82, 2.24) is 4.98 Å². The molecule has 25 heavy (non-hydrogen) atoms. The summed E-state index contributed by atoms with van der Waals surface area (Å²) in [4.78, 5) is 4.18. The van der Waals surface area contributed by atoms with Gasteiger partial charge in [-0.05, 0) is 30.3 Å². The normalized spacial score (nSPS) is 10.5. The Morgan fingerprint density at radius 3 is 2.36 bits per heavy atom. The Kier molecular flexibility index (Phi) is 4.58. The van der Waals surface area contributed by atoms with Gasteiger partial charge < -0.3 is 5.73 Å². The number of rotatable bonds is 2. The Morgan fingerprint density at radius 2 is 1.72 bits per heavy atom. The smallest absolute Gasteiger partial charge is 0.142 e. The largest absolute Gasteiger partial charge is 0.383 e. The summed E-state index contributed by atoms with van der Waals surface area (Å²) in [6, 6.07) is 11.4. The summed E-state index contributed by atoms with van der Waals surface area (Å²) in [5, 5.41) is 10.0. The maximum atomic E-state index is 14.2. The Morgan fingerprint density at radius 1 is 0.960 bits per heavy atom. The van der Waals surface area contributed by atoms with Crippen LogP contribution in [0.2, 0.25) is 10.0 Å². The first-order valence-electron chi connectivity index (χ1n) is 7.02. The number of nitriles is 1. The second-order valence-corrected chi connectivity index (χ2v) is 5.99. The van der Waals surface area contributed by atoms with Gasteiger partial charge in [-0.2, -0.15) is 5.26 Å². The molecule has 2 aromatic carbocycles. The first-order valence-corrected chi connectivity index (χ1v) is 7.77. The fraction of sp³-hybridized carbons (Fsp3) is 0. The minimum atomic E-state index is -0.804. The van der Waals surface area contributed by atoms with Gasteiger partial charge in [0.05, 0.1) is 15.7 Å². The summed E-state index contributed by atoms with van der Waals surface area (Å²) in [7, 11) is 0. The van der Waals surface area contributed by atoms with Crippen LogP contribution >= 0.6 is 23.2 Å². The molecule has 0 aliphatic carbocycles. The molecular formula is C18H9Cl2F2N3. The van der Waals surface area contributed by atoms with Gasteiger partial charge in [-0.1, -0.05) is 29.3 Å². The van der Waals surface area contributed by atoms with Crippen molar-refractivity contribution in [3.63, 3.8) is 0 Å². The fourth-order valence-electron chi connectivity index (χ4n) is 2.41. The van der Waals surface area contributed by atoms with Crippen LogP contribution in [-0.2, 0) is 0 Å². The van der Waals surface area contributed by atoms with Gasteiger partial charge in [0.1, 0.15) is 29.1 Å². The summed E-state index contributed by atoms with van der Waals surface area (Å²) >= 11 is 11.9. The van der Waals surface area contributed by atoms with Gasteiger partial charge in [0.15, 0.2) is 0 Å². The number of anilines is 1. The van der Waals surface area contributed by atoms with Crippen molar-refractivity contribution in [1.29, 1.82) is 5.26 Å². The van der Waals surface area contributed by atoms with Gasteiger partial charge >= 0.3 is 0 Å². The van der Waals surface area contributed by atoms with Gasteiger partial charge in [-0.3, -0.25) is 0 Å². The van der Waals surface area contributed by atoms with E-state index in [4.69, 9.17) is 28.9 Å². The number of halogens is 4. The number of hydrogen-bond donors (Lipinski definition) is 1. The SMILES string of the molecule is N#Cc1c(-c2ccc(F)cc2F)cc(-c2ccc(Cl)c(Cl)c2)nc1N. The molecule has 2 N–H and O–H groups in total. The molecule has 3 nitrogen and oxygen atoms in total. The second-order valence-electron chi connectivity index (χ2n) is 5.18. The highest BCUT2D eigenvalue weighted by Crippen LogP contribution is 2.34. The zero-order valence-electron chi connectivity index (χ0n) is 12.5. The lowest BCUT2D eigenvalue weighted by Crippen LogP contribution is -2.01. The predicted molar refractivity (Wildman–Crippen MR) is 94.2 cm³/mol. The Bertz CT molecular complexity index is 1030. The lowest BCUT2D eigenvalue weighted by Gasteiger charge is -2.11. The van der Waals surface area contributed by atoms with Crippen LogP contribution in [0, 0.1) is 23.0 Å². The fourth-order valence-corrected chi connectivity index (χ4v) is 2.70. The first-order chi connectivity index (χ1) is 11.9. The molecule has 3 rings (SSSR count). The van der Waals surface area contributed by atoms with E-state index in [1.165, 1.54) is 12.1 Å². The summed E-state index contributed by atoms with van der Waals surface area (Å²) in [6.45, 7) is 0. The second kappa shape index (κ2) is 6.67. The van der Waals surface area contributed by atoms with Crippen LogP contribution in [0.3, 0.4) is 0 Å². The van der Waals surface area contributed by atoms with Crippen LogP contribution in [0.15, 0.2) is 42.5 Å². The van der Waals surface area contributed by atoms with Crippen LogP contribution in [-0.4, -0.2) is 4.98 Å². The molecule has 0 bridgehead atoms. The topological polar surface area (TPSA) is 62.7 Å². The number of benzene rings is 2. The third-order valence-electron chi connectivity index (χ3n) is 3.60. The summed E-state index contributed by atoms with van der Waals surface area (Å²) in [6.07, 6.45) is 0. The van der Waals surface area contributed by atoms with E-state index >= 15 is 0 Å². The van der Waals surface area contributed by atoms with Crippen molar-refractivity contribution >= 4 is 29.0 Å². The monoisotopic (exact) mass is 375 g/mol. The van der Waals surface area contributed by atoms with Crippen molar-refractivity contribution in [2.75, 3.05) is 5.73 Å². The van der Waals surface area contributed by atoms with E-state index in [-0.39, 0.29) is 22.5 Å². The van der Waals surface area contributed by atoms with Crippen molar-refractivity contribution in [2.24, 2.45) is 0 Å². The van der Waals surface area contributed by atoms with Crippen molar-refractivity contribution in [2.45, 2.75) is 0 Å². The highest BCUT2D eigenvalue weighted by Gasteiger charge is 2.17. The third kappa shape index (κ3) is 3.27. The lowest BCUT2D eigenvalue weighted by atomic mass is 9.98. The summed E-state index contributed by atoms with van der Waals surface area (Å²) < 4.78 is 27.4. The summed E-state index contributed by atoms with van der Waals surface area (Å²) in [5.74, 6) is -1.58. The highest BCUT2D eigenvalue weighted by atomic mass is 35.5. The molecule has 0 spiro atoms.